The van der Waals surface area contributed by atoms with Crippen molar-refractivity contribution >= 4 is 28.4 Å². The number of anilines is 3. The van der Waals surface area contributed by atoms with Gasteiger partial charge in [-0.25, -0.2) is 18.7 Å². The molecule has 2 saturated heterocycles. The van der Waals surface area contributed by atoms with Gasteiger partial charge in [0.15, 0.2) is 5.82 Å². The molecule has 9 nitrogen and oxygen atoms in total. The number of pyridine rings is 1. The van der Waals surface area contributed by atoms with Crippen LogP contribution in [0.15, 0.2) is 6.07 Å². The van der Waals surface area contributed by atoms with Gasteiger partial charge in [-0.1, -0.05) is 0 Å². The fourth-order valence-corrected chi connectivity index (χ4v) is 5.96. The number of benzene rings is 1. The molecule has 220 valence electrons. The summed E-state index contributed by atoms with van der Waals surface area (Å²) >= 11 is 0. The number of nitrogens with one attached hydrogen (secondary N) is 1. The summed E-state index contributed by atoms with van der Waals surface area (Å²) in [6.07, 6.45) is -5.49. The van der Waals surface area contributed by atoms with Gasteiger partial charge in [-0.05, 0) is 46.5 Å². The summed E-state index contributed by atoms with van der Waals surface area (Å²) in [4.78, 5) is 19.7. The number of hydrogen-bond donors (Lipinski definition) is 2. The predicted octanol–water partition coefficient (Wildman–Crippen LogP) is 3.58. The lowest BCUT2D eigenvalue weighted by atomic mass is 9.91. The van der Waals surface area contributed by atoms with E-state index in [1.165, 1.54) is 0 Å². The van der Waals surface area contributed by atoms with Gasteiger partial charge in [0.05, 0.1) is 22.8 Å². The van der Waals surface area contributed by atoms with Crippen LogP contribution in [-0.2, 0) is 6.18 Å². The van der Waals surface area contributed by atoms with Crippen molar-refractivity contribution in [1.29, 1.82) is 0 Å². The molecule has 6 rings (SSSR count). The van der Waals surface area contributed by atoms with Crippen LogP contribution in [-0.4, -0.2) is 84.4 Å². The highest BCUT2D eigenvalue weighted by Crippen LogP contribution is 2.46. The van der Waals surface area contributed by atoms with E-state index in [9.17, 15) is 17.6 Å². The van der Waals surface area contributed by atoms with E-state index < -0.39 is 52.0 Å². The molecule has 0 unspecified atom stereocenters. The van der Waals surface area contributed by atoms with Gasteiger partial charge >= 0.3 is 6.18 Å². The minimum Gasteiger partial charge on any atom is -0.472 e. The van der Waals surface area contributed by atoms with E-state index in [-0.39, 0.29) is 34.3 Å². The molecule has 2 aromatic heterocycles. The maximum atomic E-state index is 16.5. The average molecular weight is 579 g/mol. The lowest BCUT2D eigenvalue weighted by molar-refractivity contribution is -0.137. The minimum absolute atomic E-state index is 0.0877. The number of halogens is 5. The molecule has 3 aliphatic heterocycles. The van der Waals surface area contributed by atoms with Crippen molar-refractivity contribution in [2.75, 3.05) is 62.4 Å². The summed E-state index contributed by atoms with van der Waals surface area (Å²) in [5, 5.41) is 3.51. The number of ether oxygens (including phenoxy) is 1. The Morgan fingerprint density at radius 1 is 1.15 bits per heavy atom. The van der Waals surface area contributed by atoms with E-state index in [4.69, 9.17) is 15.5 Å². The number of nitrogen functional groups attached to an aromatic ring is 1. The van der Waals surface area contributed by atoms with Gasteiger partial charge in [-0.15, -0.1) is 0 Å². The first-order valence-corrected chi connectivity index (χ1v) is 13.3. The lowest BCUT2D eigenvalue weighted by Gasteiger charge is -2.52. The summed E-state index contributed by atoms with van der Waals surface area (Å²) in [5.41, 5.74) is 1.35. The van der Waals surface area contributed by atoms with Gasteiger partial charge < -0.3 is 30.5 Å². The second-order valence-electron chi connectivity index (χ2n) is 11.5. The molecule has 2 atom stereocenters. The highest BCUT2D eigenvalue weighted by molar-refractivity contribution is 5.98. The first kappa shape index (κ1) is 27.6. The number of aromatic nitrogens is 3. The van der Waals surface area contributed by atoms with Crippen LogP contribution in [0.5, 0.6) is 5.88 Å². The summed E-state index contributed by atoms with van der Waals surface area (Å²) < 4.78 is 80.1. The number of nitrogens with zero attached hydrogens (tertiary/aromatic N) is 6. The van der Waals surface area contributed by atoms with Crippen LogP contribution in [0.1, 0.15) is 25.0 Å². The molecule has 3 aliphatic rings. The van der Waals surface area contributed by atoms with Crippen molar-refractivity contribution in [2.24, 2.45) is 0 Å². The number of fused-ring (bicyclic) bond motifs is 2. The Balaban J connectivity index is 1.64. The van der Waals surface area contributed by atoms with Crippen LogP contribution in [0.25, 0.3) is 22.2 Å². The molecule has 0 aliphatic carbocycles. The van der Waals surface area contributed by atoms with Crippen molar-refractivity contribution in [1.82, 2.24) is 25.2 Å². The number of likely N-dealkylation sites (N-methyl/N-ethyl adjacent to an activating group) is 1. The van der Waals surface area contributed by atoms with E-state index in [0.29, 0.717) is 38.5 Å². The fraction of sp³-hybridized carbons (Fsp3) is 0.519. The van der Waals surface area contributed by atoms with Crippen molar-refractivity contribution < 1.29 is 26.7 Å². The van der Waals surface area contributed by atoms with E-state index in [2.05, 4.69) is 27.1 Å². The van der Waals surface area contributed by atoms with E-state index in [1.54, 1.807) is 0 Å². The van der Waals surface area contributed by atoms with Crippen molar-refractivity contribution in [2.45, 2.75) is 44.6 Å². The highest BCUT2D eigenvalue weighted by atomic mass is 19.4. The zero-order valence-corrected chi connectivity index (χ0v) is 23.3. The second kappa shape index (κ2) is 9.24. The van der Waals surface area contributed by atoms with Gasteiger partial charge in [0.2, 0.25) is 11.8 Å². The highest BCUT2D eigenvalue weighted by Gasteiger charge is 2.44. The van der Waals surface area contributed by atoms with Crippen LogP contribution in [0, 0.1) is 18.6 Å². The number of piperazine rings is 1. The standard InChI is InChI=1S/C27H31F5N8O/c1-12-18(27(30,31)32)14(8-15(33)19(12)28)21-20(29)22-17-23(37-25(36-22)39-10-26(3,11-39)38(4)5)40-7-6-34-9-16(40)13(2)41-24(17)35-21/h8,13,16,34H,6-7,9-11,33H2,1-5H3/t13-,16-/m0/s1. The Morgan fingerprint density at radius 3 is 2.51 bits per heavy atom. The molecule has 1 aromatic carbocycles. The molecular weight excluding hydrogens is 547 g/mol. The molecule has 0 bridgehead atoms. The van der Waals surface area contributed by atoms with Gasteiger partial charge in [0.25, 0.3) is 0 Å². The first-order valence-electron chi connectivity index (χ1n) is 13.3. The summed E-state index contributed by atoms with van der Waals surface area (Å²) in [5.74, 6) is -1.73. The molecule has 0 saturated carbocycles. The number of rotatable bonds is 3. The topological polar surface area (TPSA) is 95.7 Å². The van der Waals surface area contributed by atoms with E-state index in [0.717, 1.165) is 13.0 Å². The smallest absolute Gasteiger partial charge is 0.417 e. The molecule has 2 fully saturated rings. The monoisotopic (exact) mass is 578 g/mol. The summed E-state index contributed by atoms with van der Waals surface area (Å²) in [6, 6.07) is 0.567. The molecule has 14 heteroatoms. The van der Waals surface area contributed by atoms with Gasteiger partial charge in [0.1, 0.15) is 34.3 Å². The van der Waals surface area contributed by atoms with Crippen LogP contribution < -0.4 is 25.6 Å². The average Bonchev–Trinajstić information content (AvgIpc) is 3.00. The third kappa shape index (κ3) is 4.21. The third-order valence-electron chi connectivity index (χ3n) is 8.61. The van der Waals surface area contributed by atoms with Gasteiger partial charge in [-0.3, -0.25) is 0 Å². The fourth-order valence-electron chi connectivity index (χ4n) is 5.96. The lowest BCUT2D eigenvalue weighted by Crippen LogP contribution is -2.67. The quantitative estimate of drug-likeness (QED) is 0.357. The van der Waals surface area contributed by atoms with Crippen LogP contribution in [0.3, 0.4) is 0 Å². The van der Waals surface area contributed by atoms with E-state index in [1.807, 2.05) is 30.8 Å². The summed E-state index contributed by atoms with van der Waals surface area (Å²) in [7, 11) is 3.93. The van der Waals surface area contributed by atoms with Crippen molar-refractivity contribution in [3.8, 4) is 17.1 Å². The van der Waals surface area contributed by atoms with Crippen LogP contribution in [0.2, 0.25) is 0 Å². The predicted molar refractivity (Wildman–Crippen MR) is 145 cm³/mol. The zero-order valence-electron chi connectivity index (χ0n) is 23.3. The number of alkyl halides is 3. The van der Waals surface area contributed by atoms with E-state index >= 15 is 4.39 Å². The zero-order chi connectivity index (χ0) is 29.6. The number of nitrogens with two attached hydrogens (primary N) is 1. The molecule has 5 heterocycles. The molecule has 0 radical (unpaired) electrons. The maximum Gasteiger partial charge on any atom is 0.417 e. The van der Waals surface area contributed by atoms with Crippen LogP contribution >= 0.6 is 0 Å². The Hall–Kier alpha value is -3.52. The first-order chi connectivity index (χ1) is 19.2. The molecule has 3 aromatic rings. The third-order valence-corrected chi connectivity index (χ3v) is 8.61. The largest absolute Gasteiger partial charge is 0.472 e. The second-order valence-corrected chi connectivity index (χ2v) is 11.5. The minimum atomic E-state index is -5.01. The Morgan fingerprint density at radius 2 is 1.85 bits per heavy atom. The Bertz CT molecular complexity index is 1560. The van der Waals surface area contributed by atoms with Crippen LogP contribution in [0.4, 0.5) is 39.4 Å². The molecular formula is C27H31F5N8O. The molecule has 0 amide bonds. The molecule has 0 spiro atoms. The Labute approximate surface area is 233 Å². The maximum absolute atomic E-state index is 16.5. The van der Waals surface area contributed by atoms with Crippen molar-refractivity contribution in [3.63, 3.8) is 0 Å². The number of hydrogen-bond acceptors (Lipinski definition) is 9. The normalized spacial score (nSPS) is 21.9. The van der Waals surface area contributed by atoms with Gasteiger partial charge in [0, 0.05) is 38.3 Å². The molecule has 41 heavy (non-hydrogen) atoms. The van der Waals surface area contributed by atoms with Gasteiger partial charge in [-0.2, -0.15) is 18.2 Å². The molecule has 3 N–H and O–H groups in total. The van der Waals surface area contributed by atoms with Crippen molar-refractivity contribution in [3.05, 3.63) is 28.8 Å². The SMILES string of the molecule is Cc1c(F)c(N)cc(-c2nc3c4c(nc(N5CC(C)(N(C)C)C5)nc4c2F)N2CCNC[C@H]2[C@H](C)O3)c1C(F)(F)F. The Kier molecular flexibility index (Phi) is 6.23. The summed E-state index contributed by atoms with van der Waals surface area (Å²) in [6.45, 7) is 7.76.